The Kier molecular flexibility index (Phi) is 6.53. The third-order valence-corrected chi connectivity index (χ3v) is 4.06. The van der Waals surface area contributed by atoms with Gasteiger partial charge in [-0.05, 0) is 23.1 Å². The van der Waals surface area contributed by atoms with Gasteiger partial charge in [-0.2, -0.15) is 0 Å². The van der Waals surface area contributed by atoms with E-state index < -0.39 is 0 Å². The molecular formula is C20H23O4Si. The van der Waals surface area contributed by atoms with Gasteiger partial charge in [0.05, 0.1) is 11.7 Å². The third-order valence-electron chi connectivity index (χ3n) is 3.83. The fourth-order valence-corrected chi connectivity index (χ4v) is 3.11. The molecule has 0 aliphatic carbocycles. The molecule has 0 aliphatic heterocycles. The molecule has 1 atom stereocenters. The molecule has 0 spiro atoms. The summed E-state index contributed by atoms with van der Waals surface area (Å²) in [5.74, 6) is 0.385. The summed E-state index contributed by atoms with van der Waals surface area (Å²) in [7, 11) is 4.71. The molecule has 2 aromatic carbocycles. The van der Waals surface area contributed by atoms with Crippen LogP contribution in [0.3, 0.4) is 0 Å². The molecule has 0 amide bonds. The second-order valence-corrected chi connectivity index (χ2v) is 7.10. The van der Waals surface area contributed by atoms with Gasteiger partial charge in [-0.15, -0.1) is 0 Å². The van der Waals surface area contributed by atoms with Gasteiger partial charge in [0.15, 0.2) is 12.6 Å². The summed E-state index contributed by atoms with van der Waals surface area (Å²) in [5, 5.41) is 0. The Balaban J connectivity index is 2.45. The number of ketones is 1. The molecule has 4 nitrogen and oxygen atoms in total. The van der Waals surface area contributed by atoms with Crippen molar-refractivity contribution in [2.75, 3.05) is 13.9 Å². The average Bonchev–Trinajstić information content (AvgIpc) is 2.59. The van der Waals surface area contributed by atoms with Crippen LogP contribution in [0.1, 0.15) is 48.4 Å². The number of hydrogen-bond donors (Lipinski definition) is 0. The zero-order valence-corrected chi connectivity index (χ0v) is 16.0. The number of carbonyl (C=O) groups is 1. The number of carbonyl (C=O) groups excluding carboxylic acids is 1. The summed E-state index contributed by atoms with van der Waals surface area (Å²) in [6.45, 7) is 6.30. The first-order valence-corrected chi connectivity index (χ1v) is 8.47. The molecule has 3 radical (unpaired) electrons. The van der Waals surface area contributed by atoms with E-state index in [-0.39, 0.29) is 24.1 Å². The van der Waals surface area contributed by atoms with Crippen molar-refractivity contribution in [3.05, 3.63) is 65.2 Å². The molecule has 0 heterocycles. The Bertz CT molecular complexity index is 707. The van der Waals surface area contributed by atoms with Gasteiger partial charge in [-0.25, -0.2) is 0 Å². The molecule has 25 heavy (non-hydrogen) atoms. The van der Waals surface area contributed by atoms with Crippen molar-refractivity contribution in [1.82, 2.24) is 0 Å². The van der Waals surface area contributed by atoms with Crippen LogP contribution in [0.4, 0.5) is 0 Å². The normalized spacial score (nSPS) is 12.7. The van der Waals surface area contributed by atoms with Gasteiger partial charge in [0, 0.05) is 12.7 Å². The summed E-state index contributed by atoms with van der Waals surface area (Å²) < 4.78 is 16.1. The van der Waals surface area contributed by atoms with Crippen LogP contribution in [0.5, 0.6) is 5.75 Å². The fraction of sp³-hybridized carbons (Fsp3) is 0.350. The number of rotatable bonds is 7. The first-order valence-electron chi connectivity index (χ1n) is 8.06. The lowest BCUT2D eigenvalue weighted by Crippen LogP contribution is -2.21. The van der Waals surface area contributed by atoms with Crippen molar-refractivity contribution in [2.45, 2.75) is 26.9 Å². The fourth-order valence-electron chi connectivity index (χ4n) is 2.62. The maximum Gasteiger partial charge on any atom is 0.247 e. The Morgan fingerprint density at radius 3 is 2.36 bits per heavy atom. The van der Waals surface area contributed by atoms with Crippen molar-refractivity contribution >= 4 is 16.3 Å². The SMILES string of the molecule is COCOc1cc(C(O[Si])C(C)(C)C)ccc1C(=O)c1ccccc1. The van der Waals surface area contributed by atoms with E-state index in [1.54, 1.807) is 25.3 Å². The quantitative estimate of drug-likeness (QED) is 0.426. The topological polar surface area (TPSA) is 44.8 Å². The van der Waals surface area contributed by atoms with Crippen LogP contribution in [0, 0.1) is 5.41 Å². The standard InChI is InChI=1S/C20H23O4Si/c1-20(2,3)19(24-25)15-10-11-16(17(12-15)23-13-22-4)18(21)14-8-6-5-7-9-14/h5-12,19H,13H2,1-4H3. The monoisotopic (exact) mass is 355 g/mol. The Morgan fingerprint density at radius 1 is 1.12 bits per heavy atom. The second-order valence-electron chi connectivity index (χ2n) is 6.87. The van der Waals surface area contributed by atoms with E-state index in [0.717, 1.165) is 5.56 Å². The van der Waals surface area contributed by atoms with Crippen LogP contribution < -0.4 is 4.74 Å². The molecule has 0 saturated carbocycles. The van der Waals surface area contributed by atoms with Crippen molar-refractivity contribution < 1.29 is 18.7 Å². The molecule has 0 aromatic heterocycles. The lowest BCUT2D eigenvalue weighted by molar-refractivity contribution is 0.0497. The summed E-state index contributed by atoms with van der Waals surface area (Å²) in [4.78, 5) is 12.8. The summed E-state index contributed by atoms with van der Waals surface area (Å²) in [6, 6.07) is 14.6. The summed E-state index contributed by atoms with van der Waals surface area (Å²) in [6.07, 6.45) is -0.199. The van der Waals surface area contributed by atoms with Crippen LogP contribution >= 0.6 is 0 Å². The zero-order valence-electron chi connectivity index (χ0n) is 15.0. The van der Waals surface area contributed by atoms with Gasteiger partial charge >= 0.3 is 0 Å². The Labute approximate surface area is 152 Å². The zero-order chi connectivity index (χ0) is 18.4. The highest BCUT2D eigenvalue weighted by Gasteiger charge is 2.27. The Hall–Kier alpha value is -1.95. The predicted molar refractivity (Wildman–Crippen MR) is 97.9 cm³/mol. The summed E-state index contributed by atoms with van der Waals surface area (Å²) in [5.41, 5.74) is 1.89. The molecule has 0 aliphatic rings. The van der Waals surface area contributed by atoms with Gasteiger partial charge in [0.25, 0.3) is 0 Å². The first kappa shape index (κ1) is 19.4. The van der Waals surface area contributed by atoms with Crippen LogP contribution in [0.15, 0.2) is 48.5 Å². The third kappa shape index (κ3) is 4.78. The number of methoxy groups -OCH3 is 1. The minimum absolute atomic E-state index is 0.0629. The summed E-state index contributed by atoms with van der Waals surface area (Å²) >= 11 is 0. The number of hydrogen-bond acceptors (Lipinski definition) is 4. The highest BCUT2D eigenvalue weighted by atomic mass is 28.2. The van der Waals surface area contributed by atoms with Crippen LogP contribution in [-0.2, 0) is 9.16 Å². The molecule has 1 unspecified atom stereocenters. The molecule has 0 fully saturated rings. The van der Waals surface area contributed by atoms with E-state index in [2.05, 4.69) is 31.3 Å². The van der Waals surface area contributed by atoms with Crippen molar-refractivity contribution in [2.24, 2.45) is 5.41 Å². The molecule has 0 saturated heterocycles. The van der Waals surface area contributed by atoms with E-state index in [1.807, 2.05) is 30.3 Å². The van der Waals surface area contributed by atoms with E-state index in [1.165, 1.54) is 0 Å². The highest BCUT2D eigenvalue weighted by molar-refractivity contribution is 6.10. The lowest BCUT2D eigenvalue weighted by atomic mass is 9.84. The van der Waals surface area contributed by atoms with E-state index >= 15 is 0 Å². The van der Waals surface area contributed by atoms with Gasteiger partial charge in [0.2, 0.25) is 10.5 Å². The maximum atomic E-state index is 12.8. The molecule has 5 heteroatoms. The minimum atomic E-state index is -0.199. The lowest BCUT2D eigenvalue weighted by Gasteiger charge is -2.30. The Morgan fingerprint density at radius 2 is 1.80 bits per heavy atom. The highest BCUT2D eigenvalue weighted by Crippen LogP contribution is 2.37. The van der Waals surface area contributed by atoms with Crippen molar-refractivity contribution in [1.29, 1.82) is 0 Å². The molecule has 0 bridgehead atoms. The average molecular weight is 355 g/mol. The minimum Gasteiger partial charge on any atom is -0.467 e. The maximum absolute atomic E-state index is 12.8. The molecular weight excluding hydrogens is 332 g/mol. The van der Waals surface area contributed by atoms with Crippen LogP contribution in [0.2, 0.25) is 0 Å². The van der Waals surface area contributed by atoms with E-state index in [9.17, 15) is 4.79 Å². The van der Waals surface area contributed by atoms with Gasteiger partial charge in [0.1, 0.15) is 5.75 Å². The van der Waals surface area contributed by atoms with Crippen molar-refractivity contribution in [3.8, 4) is 5.75 Å². The smallest absolute Gasteiger partial charge is 0.247 e. The molecule has 0 N–H and O–H groups in total. The largest absolute Gasteiger partial charge is 0.467 e. The van der Waals surface area contributed by atoms with E-state index in [4.69, 9.17) is 13.9 Å². The van der Waals surface area contributed by atoms with Gasteiger partial charge in [-0.1, -0.05) is 57.2 Å². The molecule has 2 rings (SSSR count). The van der Waals surface area contributed by atoms with Gasteiger partial charge < -0.3 is 13.9 Å². The van der Waals surface area contributed by atoms with Gasteiger partial charge in [-0.3, -0.25) is 4.79 Å². The molecule has 131 valence electrons. The number of benzene rings is 2. The van der Waals surface area contributed by atoms with Crippen molar-refractivity contribution in [3.63, 3.8) is 0 Å². The van der Waals surface area contributed by atoms with Crippen LogP contribution in [0.25, 0.3) is 0 Å². The second kappa shape index (κ2) is 8.42. The van der Waals surface area contributed by atoms with E-state index in [0.29, 0.717) is 16.9 Å². The first-order chi connectivity index (χ1) is 11.9. The number of ether oxygens (including phenoxy) is 2. The molecule has 2 aromatic rings. The van der Waals surface area contributed by atoms with Crippen LogP contribution in [-0.4, -0.2) is 30.2 Å². The predicted octanol–water partition coefficient (Wildman–Crippen LogP) is 4.09.